The van der Waals surface area contributed by atoms with Crippen LogP contribution in [0.4, 0.5) is 0 Å². The van der Waals surface area contributed by atoms with E-state index in [0.29, 0.717) is 0 Å². The summed E-state index contributed by atoms with van der Waals surface area (Å²) in [7, 11) is 3.49. The highest BCUT2D eigenvalue weighted by Crippen LogP contribution is 2.31. The standard InChI is InChI=1S/C15H17BrN2O3/c1-4-21-15(20)12-9-13(19)18(3)14(17(12)2)10-5-7-11(16)8-6-10/h5-9,14H,4H2,1-3H3. The Bertz CT molecular complexity index is 583. The highest BCUT2D eigenvalue weighted by Gasteiger charge is 2.34. The summed E-state index contributed by atoms with van der Waals surface area (Å²) in [6.45, 7) is 2.01. The van der Waals surface area contributed by atoms with Crippen LogP contribution in [-0.2, 0) is 14.3 Å². The highest BCUT2D eigenvalue weighted by atomic mass is 79.9. The average Bonchev–Trinajstić information content (AvgIpc) is 2.45. The van der Waals surface area contributed by atoms with Gasteiger partial charge < -0.3 is 14.5 Å². The van der Waals surface area contributed by atoms with Gasteiger partial charge in [0, 0.05) is 24.6 Å². The summed E-state index contributed by atoms with van der Waals surface area (Å²) >= 11 is 3.39. The van der Waals surface area contributed by atoms with Crippen LogP contribution in [0.1, 0.15) is 18.7 Å². The van der Waals surface area contributed by atoms with Gasteiger partial charge in [0.15, 0.2) is 0 Å². The van der Waals surface area contributed by atoms with Gasteiger partial charge in [-0.2, -0.15) is 0 Å². The zero-order valence-electron chi connectivity index (χ0n) is 12.2. The molecule has 1 aromatic rings. The maximum atomic E-state index is 12.1. The number of esters is 1. The van der Waals surface area contributed by atoms with E-state index in [-0.39, 0.29) is 24.4 Å². The third kappa shape index (κ3) is 3.10. The molecule has 1 aliphatic rings. The number of rotatable bonds is 3. The topological polar surface area (TPSA) is 49.9 Å². The second kappa shape index (κ2) is 6.30. The van der Waals surface area contributed by atoms with Gasteiger partial charge in [-0.15, -0.1) is 0 Å². The molecule has 1 atom stereocenters. The molecule has 0 spiro atoms. The molecule has 0 saturated heterocycles. The number of amides is 1. The molecular weight excluding hydrogens is 336 g/mol. The summed E-state index contributed by atoms with van der Waals surface area (Å²) < 4.78 is 5.97. The molecule has 2 rings (SSSR count). The molecule has 5 nitrogen and oxygen atoms in total. The van der Waals surface area contributed by atoms with Crippen molar-refractivity contribution in [2.75, 3.05) is 20.7 Å². The van der Waals surface area contributed by atoms with Gasteiger partial charge in [0.05, 0.1) is 6.61 Å². The fourth-order valence-corrected chi connectivity index (χ4v) is 2.59. The van der Waals surface area contributed by atoms with Crippen LogP contribution in [0, 0.1) is 0 Å². The molecular formula is C15H17BrN2O3. The monoisotopic (exact) mass is 352 g/mol. The lowest BCUT2D eigenvalue weighted by atomic mass is 10.1. The van der Waals surface area contributed by atoms with Gasteiger partial charge >= 0.3 is 5.97 Å². The van der Waals surface area contributed by atoms with Crippen LogP contribution in [0.2, 0.25) is 0 Å². The molecule has 0 N–H and O–H groups in total. The molecule has 21 heavy (non-hydrogen) atoms. The SMILES string of the molecule is CCOC(=O)C1=CC(=O)N(C)C(c2ccc(Br)cc2)N1C. The molecule has 0 bridgehead atoms. The Labute approximate surface area is 132 Å². The predicted molar refractivity (Wildman–Crippen MR) is 82.1 cm³/mol. The van der Waals surface area contributed by atoms with Crippen LogP contribution in [0.15, 0.2) is 40.5 Å². The summed E-state index contributed by atoms with van der Waals surface area (Å²) in [4.78, 5) is 27.4. The van der Waals surface area contributed by atoms with Gasteiger partial charge in [-0.1, -0.05) is 28.1 Å². The maximum Gasteiger partial charge on any atom is 0.354 e. The number of benzene rings is 1. The summed E-state index contributed by atoms with van der Waals surface area (Å²) in [5.74, 6) is -0.701. The third-order valence-electron chi connectivity index (χ3n) is 3.37. The zero-order chi connectivity index (χ0) is 15.6. The van der Waals surface area contributed by atoms with Crippen LogP contribution in [-0.4, -0.2) is 42.4 Å². The van der Waals surface area contributed by atoms with Gasteiger partial charge in [-0.3, -0.25) is 4.79 Å². The van der Waals surface area contributed by atoms with Crippen LogP contribution >= 0.6 is 15.9 Å². The number of carbonyl (C=O) groups excluding carboxylic acids is 2. The number of carbonyl (C=O) groups is 2. The Morgan fingerprint density at radius 1 is 1.24 bits per heavy atom. The van der Waals surface area contributed by atoms with Gasteiger partial charge in [-0.25, -0.2) is 4.79 Å². The molecule has 0 saturated carbocycles. The first-order valence-electron chi connectivity index (χ1n) is 6.59. The Hall–Kier alpha value is -1.82. The van der Waals surface area contributed by atoms with E-state index < -0.39 is 5.97 Å². The molecule has 112 valence electrons. The van der Waals surface area contributed by atoms with E-state index in [2.05, 4.69) is 15.9 Å². The smallest absolute Gasteiger partial charge is 0.354 e. The molecule has 0 aliphatic carbocycles. The van der Waals surface area contributed by atoms with E-state index in [1.54, 1.807) is 30.8 Å². The van der Waals surface area contributed by atoms with E-state index >= 15 is 0 Å². The number of hydrogen-bond acceptors (Lipinski definition) is 4. The maximum absolute atomic E-state index is 12.1. The minimum absolute atomic E-state index is 0.218. The largest absolute Gasteiger partial charge is 0.461 e. The fraction of sp³-hybridized carbons (Fsp3) is 0.333. The van der Waals surface area contributed by atoms with Gasteiger partial charge in [0.2, 0.25) is 0 Å². The Balaban J connectivity index is 2.38. The van der Waals surface area contributed by atoms with Crippen molar-refractivity contribution in [3.05, 3.63) is 46.1 Å². The minimum Gasteiger partial charge on any atom is -0.461 e. The van der Waals surface area contributed by atoms with Crippen LogP contribution < -0.4 is 0 Å². The van der Waals surface area contributed by atoms with E-state index in [9.17, 15) is 9.59 Å². The summed E-state index contributed by atoms with van der Waals surface area (Å²) in [6, 6.07) is 7.65. The Morgan fingerprint density at radius 2 is 1.86 bits per heavy atom. The minimum atomic E-state index is -0.483. The van der Waals surface area contributed by atoms with E-state index in [1.807, 2.05) is 24.3 Å². The number of likely N-dealkylation sites (N-methyl/N-ethyl adjacent to an activating group) is 2. The first kappa shape index (κ1) is 15.6. The van der Waals surface area contributed by atoms with Crippen molar-refractivity contribution in [3.63, 3.8) is 0 Å². The number of ether oxygens (including phenoxy) is 1. The molecule has 0 fully saturated rings. The van der Waals surface area contributed by atoms with Crippen molar-refractivity contribution in [2.45, 2.75) is 13.1 Å². The highest BCUT2D eigenvalue weighted by molar-refractivity contribution is 9.10. The zero-order valence-corrected chi connectivity index (χ0v) is 13.8. The van der Waals surface area contributed by atoms with Crippen molar-refractivity contribution >= 4 is 27.8 Å². The summed E-state index contributed by atoms with van der Waals surface area (Å²) in [6.07, 6.45) is 0.975. The van der Waals surface area contributed by atoms with Gasteiger partial charge in [0.1, 0.15) is 11.9 Å². The number of halogens is 1. The molecule has 0 aromatic heterocycles. The van der Waals surface area contributed by atoms with Crippen LogP contribution in [0.25, 0.3) is 0 Å². The fourth-order valence-electron chi connectivity index (χ4n) is 2.32. The molecule has 0 radical (unpaired) electrons. The van der Waals surface area contributed by atoms with Crippen molar-refractivity contribution in [1.82, 2.24) is 9.80 Å². The van der Waals surface area contributed by atoms with Crippen molar-refractivity contribution < 1.29 is 14.3 Å². The van der Waals surface area contributed by atoms with Crippen molar-refractivity contribution in [2.24, 2.45) is 0 Å². The lowest BCUT2D eigenvalue weighted by molar-refractivity contribution is -0.144. The molecule has 1 aromatic carbocycles. The molecule has 1 heterocycles. The van der Waals surface area contributed by atoms with E-state index in [4.69, 9.17) is 4.74 Å². The predicted octanol–water partition coefficient (Wildman–Crippen LogP) is 2.30. The van der Waals surface area contributed by atoms with Crippen molar-refractivity contribution in [3.8, 4) is 0 Å². The van der Waals surface area contributed by atoms with E-state index in [0.717, 1.165) is 10.0 Å². The molecule has 1 aliphatic heterocycles. The summed E-state index contributed by atoms with van der Waals surface area (Å²) in [5.41, 5.74) is 1.19. The quantitative estimate of drug-likeness (QED) is 0.783. The number of hydrogen-bond donors (Lipinski definition) is 0. The molecule has 1 amide bonds. The summed E-state index contributed by atoms with van der Waals surface area (Å²) in [5, 5.41) is 0. The van der Waals surface area contributed by atoms with Gasteiger partial charge in [0.25, 0.3) is 5.91 Å². The Kier molecular flexibility index (Phi) is 4.67. The van der Waals surface area contributed by atoms with Gasteiger partial charge in [-0.05, 0) is 24.6 Å². The normalized spacial score (nSPS) is 18.6. The molecule has 6 heteroatoms. The van der Waals surface area contributed by atoms with Crippen LogP contribution in [0.3, 0.4) is 0 Å². The lowest BCUT2D eigenvalue weighted by Gasteiger charge is -2.40. The average molecular weight is 353 g/mol. The second-order valence-electron chi connectivity index (χ2n) is 4.74. The third-order valence-corrected chi connectivity index (χ3v) is 3.90. The first-order valence-corrected chi connectivity index (χ1v) is 7.39. The second-order valence-corrected chi connectivity index (χ2v) is 5.65. The number of nitrogens with zero attached hydrogens (tertiary/aromatic N) is 2. The van der Waals surface area contributed by atoms with Crippen LogP contribution in [0.5, 0.6) is 0 Å². The van der Waals surface area contributed by atoms with Crippen molar-refractivity contribution in [1.29, 1.82) is 0 Å². The van der Waals surface area contributed by atoms with E-state index in [1.165, 1.54) is 6.08 Å². The Morgan fingerprint density at radius 3 is 2.43 bits per heavy atom. The molecule has 1 unspecified atom stereocenters. The first-order chi connectivity index (χ1) is 9.95. The lowest BCUT2D eigenvalue weighted by Crippen LogP contribution is -2.45.